The first-order valence-corrected chi connectivity index (χ1v) is 8.53. The standard InChI is InChI=1S/C19H16N2OS/c1-12-7-9-14(10-8-12)17-20-18(22)16-15(11-23-19(16)21-17)13-5-3-2-4-6-13/h2-11,16,19H,1H3,(H,20,21,22). The van der Waals surface area contributed by atoms with Crippen LogP contribution in [-0.4, -0.2) is 17.1 Å². The van der Waals surface area contributed by atoms with E-state index in [0.29, 0.717) is 5.84 Å². The number of carbonyl (C=O) groups excluding carboxylic acids is 1. The Morgan fingerprint density at radius 3 is 2.48 bits per heavy atom. The zero-order valence-electron chi connectivity index (χ0n) is 12.7. The van der Waals surface area contributed by atoms with Gasteiger partial charge in [-0.25, -0.2) is 0 Å². The van der Waals surface area contributed by atoms with Crippen molar-refractivity contribution in [1.82, 2.24) is 5.32 Å². The molecule has 1 amide bonds. The van der Waals surface area contributed by atoms with Gasteiger partial charge in [0.25, 0.3) is 0 Å². The summed E-state index contributed by atoms with van der Waals surface area (Å²) >= 11 is 1.62. The van der Waals surface area contributed by atoms with Crippen molar-refractivity contribution in [2.45, 2.75) is 12.3 Å². The number of fused-ring (bicyclic) bond motifs is 1. The molecule has 1 N–H and O–H groups in total. The van der Waals surface area contributed by atoms with E-state index in [-0.39, 0.29) is 17.2 Å². The number of amides is 1. The molecule has 0 aliphatic carbocycles. The van der Waals surface area contributed by atoms with Crippen molar-refractivity contribution < 1.29 is 4.79 Å². The van der Waals surface area contributed by atoms with Gasteiger partial charge in [0.1, 0.15) is 11.2 Å². The molecule has 0 spiro atoms. The summed E-state index contributed by atoms with van der Waals surface area (Å²) in [6, 6.07) is 18.1. The normalized spacial score (nSPS) is 22.9. The van der Waals surface area contributed by atoms with Gasteiger partial charge in [-0.05, 0) is 23.5 Å². The summed E-state index contributed by atoms with van der Waals surface area (Å²) in [6.07, 6.45) is 0. The van der Waals surface area contributed by atoms with Crippen LogP contribution in [0.1, 0.15) is 16.7 Å². The van der Waals surface area contributed by atoms with Crippen LogP contribution in [0.3, 0.4) is 0 Å². The first-order chi connectivity index (χ1) is 11.2. The molecule has 2 unspecified atom stereocenters. The van der Waals surface area contributed by atoms with Gasteiger partial charge in [0.2, 0.25) is 5.91 Å². The first kappa shape index (κ1) is 14.3. The third-order valence-electron chi connectivity index (χ3n) is 4.17. The summed E-state index contributed by atoms with van der Waals surface area (Å²) in [7, 11) is 0. The molecule has 0 aromatic heterocycles. The van der Waals surface area contributed by atoms with Crippen LogP contribution in [0, 0.1) is 12.8 Å². The summed E-state index contributed by atoms with van der Waals surface area (Å²) in [5.74, 6) is 0.490. The number of benzene rings is 2. The summed E-state index contributed by atoms with van der Waals surface area (Å²) in [5, 5.41) is 4.98. The van der Waals surface area contributed by atoms with Crippen molar-refractivity contribution in [2.75, 3.05) is 0 Å². The fraction of sp³-hybridized carbons (Fsp3) is 0.158. The number of aliphatic imine (C=N–C) groups is 1. The van der Waals surface area contributed by atoms with Crippen LogP contribution in [0.25, 0.3) is 5.57 Å². The molecular formula is C19H16N2OS. The fourth-order valence-electron chi connectivity index (χ4n) is 2.91. The summed E-state index contributed by atoms with van der Waals surface area (Å²) in [4.78, 5) is 17.4. The van der Waals surface area contributed by atoms with Crippen LogP contribution < -0.4 is 5.32 Å². The second kappa shape index (κ2) is 5.70. The number of nitrogens with one attached hydrogen (secondary N) is 1. The van der Waals surface area contributed by atoms with E-state index < -0.39 is 0 Å². The number of carbonyl (C=O) groups is 1. The maximum atomic E-state index is 12.7. The predicted molar refractivity (Wildman–Crippen MR) is 95.1 cm³/mol. The Bertz CT molecular complexity index is 809. The molecular weight excluding hydrogens is 304 g/mol. The lowest BCUT2D eigenvalue weighted by Crippen LogP contribution is -2.44. The molecule has 2 aromatic rings. The molecule has 23 heavy (non-hydrogen) atoms. The number of nitrogens with zero attached hydrogens (tertiary/aromatic N) is 1. The Kier molecular flexibility index (Phi) is 3.54. The zero-order valence-corrected chi connectivity index (χ0v) is 13.5. The Morgan fingerprint density at radius 2 is 1.74 bits per heavy atom. The molecule has 3 nitrogen and oxygen atoms in total. The smallest absolute Gasteiger partial charge is 0.236 e. The van der Waals surface area contributed by atoms with Crippen molar-refractivity contribution in [3.8, 4) is 0 Å². The van der Waals surface area contributed by atoms with Gasteiger partial charge in [0, 0.05) is 5.56 Å². The topological polar surface area (TPSA) is 41.5 Å². The Hall–Kier alpha value is -2.33. The zero-order chi connectivity index (χ0) is 15.8. The van der Waals surface area contributed by atoms with Gasteiger partial charge in [-0.2, -0.15) is 0 Å². The highest BCUT2D eigenvalue weighted by atomic mass is 32.2. The predicted octanol–water partition coefficient (Wildman–Crippen LogP) is 3.60. The SMILES string of the molecule is Cc1ccc(C2=NC3SC=C(c4ccccc4)C3C(=O)N2)cc1. The minimum Gasteiger partial charge on any atom is -0.310 e. The molecule has 4 rings (SSSR count). The molecule has 4 heteroatoms. The summed E-state index contributed by atoms with van der Waals surface area (Å²) < 4.78 is 0. The second-order valence-electron chi connectivity index (χ2n) is 5.78. The van der Waals surface area contributed by atoms with Gasteiger partial charge in [-0.1, -0.05) is 60.2 Å². The number of amidine groups is 1. The van der Waals surface area contributed by atoms with Gasteiger partial charge in [0.15, 0.2) is 0 Å². The van der Waals surface area contributed by atoms with E-state index in [4.69, 9.17) is 4.99 Å². The quantitative estimate of drug-likeness (QED) is 0.918. The fourth-order valence-corrected chi connectivity index (χ4v) is 4.08. The van der Waals surface area contributed by atoms with Gasteiger partial charge in [-0.15, -0.1) is 11.8 Å². The molecule has 0 saturated carbocycles. The maximum Gasteiger partial charge on any atom is 0.236 e. The van der Waals surface area contributed by atoms with Crippen LogP contribution >= 0.6 is 11.8 Å². The van der Waals surface area contributed by atoms with Crippen LogP contribution in [0.2, 0.25) is 0 Å². The first-order valence-electron chi connectivity index (χ1n) is 7.59. The molecule has 114 valence electrons. The Balaban J connectivity index is 1.65. The lowest BCUT2D eigenvalue weighted by Gasteiger charge is -2.25. The lowest BCUT2D eigenvalue weighted by atomic mass is 9.92. The maximum absolute atomic E-state index is 12.7. The van der Waals surface area contributed by atoms with Crippen LogP contribution in [0.4, 0.5) is 0 Å². The minimum absolute atomic E-state index is 0.0284. The third kappa shape index (κ3) is 2.59. The second-order valence-corrected chi connectivity index (χ2v) is 6.77. The highest BCUT2D eigenvalue weighted by Crippen LogP contribution is 2.43. The van der Waals surface area contributed by atoms with Crippen LogP contribution in [0.15, 0.2) is 65.0 Å². The average Bonchev–Trinajstić information content (AvgIpc) is 3.01. The molecule has 2 aliphatic rings. The van der Waals surface area contributed by atoms with Crippen molar-refractivity contribution >= 4 is 29.1 Å². The van der Waals surface area contributed by atoms with E-state index in [1.54, 1.807) is 11.8 Å². The highest BCUT2D eigenvalue weighted by molar-refractivity contribution is 8.03. The lowest BCUT2D eigenvalue weighted by molar-refractivity contribution is -0.122. The molecule has 2 heterocycles. The van der Waals surface area contributed by atoms with E-state index in [0.717, 1.165) is 16.7 Å². The molecule has 0 fully saturated rings. The number of thioether (sulfide) groups is 1. The number of aryl methyl sites for hydroxylation is 1. The minimum atomic E-state index is -0.211. The van der Waals surface area contributed by atoms with Crippen LogP contribution in [0.5, 0.6) is 0 Å². The van der Waals surface area contributed by atoms with Crippen molar-refractivity contribution in [1.29, 1.82) is 0 Å². The van der Waals surface area contributed by atoms with E-state index in [2.05, 4.69) is 10.7 Å². The van der Waals surface area contributed by atoms with E-state index in [9.17, 15) is 4.79 Å². The van der Waals surface area contributed by atoms with Gasteiger partial charge in [0.05, 0.1) is 5.92 Å². The van der Waals surface area contributed by atoms with Crippen molar-refractivity contribution in [3.05, 3.63) is 76.7 Å². The Morgan fingerprint density at radius 1 is 1.00 bits per heavy atom. The van der Waals surface area contributed by atoms with Crippen molar-refractivity contribution in [2.24, 2.45) is 10.9 Å². The average molecular weight is 320 g/mol. The van der Waals surface area contributed by atoms with Gasteiger partial charge >= 0.3 is 0 Å². The van der Waals surface area contributed by atoms with E-state index in [1.807, 2.05) is 61.5 Å². The number of hydrogen-bond acceptors (Lipinski definition) is 3. The van der Waals surface area contributed by atoms with Crippen LogP contribution in [-0.2, 0) is 4.79 Å². The van der Waals surface area contributed by atoms with Gasteiger partial charge in [-0.3, -0.25) is 9.79 Å². The molecule has 2 atom stereocenters. The van der Waals surface area contributed by atoms with Gasteiger partial charge < -0.3 is 5.32 Å². The summed E-state index contributed by atoms with van der Waals surface area (Å²) in [5.41, 5.74) is 4.30. The van der Waals surface area contributed by atoms with E-state index in [1.165, 1.54) is 5.56 Å². The molecule has 0 bridgehead atoms. The largest absolute Gasteiger partial charge is 0.310 e. The molecule has 0 saturated heterocycles. The molecule has 2 aliphatic heterocycles. The molecule has 2 aromatic carbocycles. The third-order valence-corrected chi connectivity index (χ3v) is 5.21. The number of rotatable bonds is 2. The number of hydrogen-bond donors (Lipinski definition) is 1. The van der Waals surface area contributed by atoms with Crippen molar-refractivity contribution in [3.63, 3.8) is 0 Å². The molecule has 0 radical (unpaired) electrons. The Labute approximate surface area is 139 Å². The van der Waals surface area contributed by atoms with E-state index >= 15 is 0 Å². The highest BCUT2D eigenvalue weighted by Gasteiger charge is 2.40. The summed E-state index contributed by atoms with van der Waals surface area (Å²) in [6.45, 7) is 2.05. The monoisotopic (exact) mass is 320 g/mol.